The summed E-state index contributed by atoms with van der Waals surface area (Å²) in [6.07, 6.45) is 0.351. The molecule has 1 aromatic rings. The van der Waals surface area contributed by atoms with Gasteiger partial charge in [0.25, 0.3) is 0 Å². The second-order valence-corrected chi connectivity index (χ2v) is 5.69. The number of halogens is 2. The highest BCUT2D eigenvalue weighted by molar-refractivity contribution is 9.10. The number of nitrogens with zero attached hydrogens (tertiary/aromatic N) is 1. The fourth-order valence-electron chi connectivity index (χ4n) is 1.94. The quantitative estimate of drug-likeness (QED) is 0.735. The zero-order valence-electron chi connectivity index (χ0n) is 12.0. The smallest absolute Gasteiger partial charge is 0.234 e. The number of carbonyl (C=O) groups excluding carboxylic acids is 1. The van der Waals surface area contributed by atoms with E-state index in [1.807, 2.05) is 0 Å². The normalized spacial score (nSPS) is 12.4. The molecule has 5 heteroatoms. The lowest BCUT2D eigenvalue weighted by atomic mass is 10.1. The Hall–Kier alpha value is -0.940. The van der Waals surface area contributed by atoms with Crippen molar-refractivity contribution in [2.75, 3.05) is 26.2 Å². The number of likely N-dealkylation sites (N-methyl/N-ethyl adjacent to an activating group) is 1. The van der Waals surface area contributed by atoms with Crippen molar-refractivity contribution in [3.63, 3.8) is 0 Å². The number of rotatable bonds is 8. The topological polar surface area (TPSA) is 32.3 Å². The van der Waals surface area contributed by atoms with E-state index in [-0.39, 0.29) is 11.7 Å². The Morgan fingerprint density at radius 3 is 2.60 bits per heavy atom. The summed E-state index contributed by atoms with van der Waals surface area (Å²) in [6.45, 7) is 7.57. The molecule has 0 aromatic heterocycles. The second-order valence-electron chi connectivity index (χ2n) is 4.58. The number of carbonyl (C=O) groups is 1. The molecule has 1 rings (SSSR count). The van der Waals surface area contributed by atoms with Gasteiger partial charge >= 0.3 is 0 Å². The first-order chi connectivity index (χ1) is 9.58. The highest BCUT2D eigenvalue weighted by Crippen LogP contribution is 2.13. The summed E-state index contributed by atoms with van der Waals surface area (Å²) in [4.78, 5) is 13.7. The zero-order valence-corrected chi connectivity index (χ0v) is 13.6. The fourth-order valence-corrected chi connectivity index (χ4v) is 2.45. The van der Waals surface area contributed by atoms with Crippen LogP contribution in [0.15, 0.2) is 24.3 Å². The van der Waals surface area contributed by atoms with Crippen LogP contribution in [0.1, 0.15) is 19.4 Å². The van der Waals surface area contributed by atoms with Crippen LogP contribution >= 0.6 is 15.9 Å². The molecule has 0 aliphatic rings. The highest BCUT2D eigenvalue weighted by Gasteiger charge is 2.16. The molecule has 0 fully saturated rings. The molecule has 0 aliphatic carbocycles. The summed E-state index contributed by atoms with van der Waals surface area (Å²) in [6, 6.07) is 6.53. The van der Waals surface area contributed by atoms with Gasteiger partial charge in [0, 0.05) is 13.1 Å². The molecule has 1 unspecified atom stereocenters. The maximum absolute atomic E-state index is 13.5. The van der Waals surface area contributed by atoms with Crippen molar-refractivity contribution in [2.45, 2.75) is 25.1 Å². The SMILES string of the molecule is CCN(CC)CCNC(=O)C(Br)Cc1ccccc1F. The molecule has 112 valence electrons. The van der Waals surface area contributed by atoms with Gasteiger partial charge in [-0.2, -0.15) is 0 Å². The van der Waals surface area contributed by atoms with Crippen LogP contribution in [0, 0.1) is 5.82 Å². The summed E-state index contributed by atoms with van der Waals surface area (Å²) < 4.78 is 13.5. The Morgan fingerprint density at radius 2 is 2.00 bits per heavy atom. The fraction of sp³-hybridized carbons (Fsp3) is 0.533. The van der Waals surface area contributed by atoms with Crippen LogP contribution in [0.4, 0.5) is 4.39 Å². The van der Waals surface area contributed by atoms with Crippen molar-refractivity contribution in [3.05, 3.63) is 35.6 Å². The summed E-state index contributed by atoms with van der Waals surface area (Å²) in [5.41, 5.74) is 0.549. The van der Waals surface area contributed by atoms with Gasteiger partial charge in [0.2, 0.25) is 5.91 Å². The summed E-state index contributed by atoms with van der Waals surface area (Å²) in [7, 11) is 0. The third-order valence-corrected chi connectivity index (χ3v) is 4.00. The number of alkyl halides is 1. The highest BCUT2D eigenvalue weighted by atomic mass is 79.9. The summed E-state index contributed by atoms with van der Waals surface area (Å²) in [5.74, 6) is -0.367. The molecule has 0 saturated heterocycles. The lowest BCUT2D eigenvalue weighted by Gasteiger charge is -2.18. The van der Waals surface area contributed by atoms with E-state index in [1.165, 1.54) is 6.07 Å². The number of hydrogen-bond acceptors (Lipinski definition) is 2. The van der Waals surface area contributed by atoms with E-state index in [1.54, 1.807) is 18.2 Å². The molecule has 0 spiro atoms. The van der Waals surface area contributed by atoms with Crippen molar-refractivity contribution >= 4 is 21.8 Å². The molecule has 3 nitrogen and oxygen atoms in total. The van der Waals surface area contributed by atoms with Gasteiger partial charge in [-0.15, -0.1) is 0 Å². The van der Waals surface area contributed by atoms with Crippen LogP contribution in [-0.2, 0) is 11.2 Å². The molecule has 0 heterocycles. The molecule has 1 atom stereocenters. The van der Waals surface area contributed by atoms with Gasteiger partial charge in [-0.3, -0.25) is 4.79 Å². The molecule has 1 N–H and O–H groups in total. The predicted octanol–water partition coefficient (Wildman–Crippen LogP) is 2.59. The van der Waals surface area contributed by atoms with E-state index in [4.69, 9.17) is 0 Å². The molecular formula is C15H22BrFN2O. The first kappa shape index (κ1) is 17.1. The molecule has 20 heavy (non-hydrogen) atoms. The van der Waals surface area contributed by atoms with Crippen molar-refractivity contribution in [3.8, 4) is 0 Å². The molecule has 1 amide bonds. The van der Waals surface area contributed by atoms with Gasteiger partial charge < -0.3 is 10.2 Å². The molecule has 1 aromatic carbocycles. The first-order valence-corrected chi connectivity index (χ1v) is 7.87. The van der Waals surface area contributed by atoms with Crippen molar-refractivity contribution in [1.82, 2.24) is 10.2 Å². The molecule has 0 aliphatic heterocycles. The number of nitrogens with one attached hydrogen (secondary N) is 1. The predicted molar refractivity (Wildman–Crippen MR) is 83.6 cm³/mol. The lowest BCUT2D eigenvalue weighted by Crippen LogP contribution is -2.38. The van der Waals surface area contributed by atoms with E-state index >= 15 is 0 Å². The minimum Gasteiger partial charge on any atom is -0.354 e. The number of benzene rings is 1. The van der Waals surface area contributed by atoms with Crippen molar-refractivity contribution < 1.29 is 9.18 Å². The Morgan fingerprint density at radius 1 is 1.35 bits per heavy atom. The van der Waals surface area contributed by atoms with Crippen LogP contribution in [0.2, 0.25) is 0 Å². The van der Waals surface area contributed by atoms with E-state index in [2.05, 4.69) is 40.0 Å². The average molecular weight is 345 g/mol. The van der Waals surface area contributed by atoms with E-state index in [9.17, 15) is 9.18 Å². The van der Waals surface area contributed by atoms with Crippen LogP contribution < -0.4 is 5.32 Å². The molecule has 0 radical (unpaired) electrons. The van der Waals surface area contributed by atoms with E-state index in [0.717, 1.165) is 19.6 Å². The van der Waals surface area contributed by atoms with Gasteiger partial charge in [0.1, 0.15) is 5.82 Å². The van der Waals surface area contributed by atoms with Crippen LogP contribution in [0.25, 0.3) is 0 Å². The number of amides is 1. The summed E-state index contributed by atoms with van der Waals surface area (Å²) >= 11 is 3.32. The Balaban J connectivity index is 2.38. The maximum atomic E-state index is 13.5. The third kappa shape index (κ3) is 5.59. The molecular weight excluding hydrogens is 323 g/mol. The monoisotopic (exact) mass is 344 g/mol. The largest absolute Gasteiger partial charge is 0.354 e. The second kappa shape index (κ2) is 9.08. The lowest BCUT2D eigenvalue weighted by molar-refractivity contribution is -0.120. The van der Waals surface area contributed by atoms with Crippen LogP contribution in [0.3, 0.4) is 0 Å². The van der Waals surface area contributed by atoms with E-state index in [0.29, 0.717) is 18.5 Å². The first-order valence-electron chi connectivity index (χ1n) is 6.96. The maximum Gasteiger partial charge on any atom is 0.234 e. The van der Waals surface area contributed by atoms with Crippen molar-refractivity contribution in [2.24, 2.45) is 0 Å². The zero-order chi connectivity index (χ0) is 15.0. The van der Waals surface area contributed by atoms with Gasteiger partial charge in [0.15, 0.2) is 0 Å². The molecule has 0 bridgehead atoms. The van der Waals surface area contributed by atoms with E-state index < -0.39 is 4.83 Å². The Labute approximate surface area is 128 Å². The third-order valence-electron chi connectivity index (χ3n) is 3.26. The van der Waals surface area contributed by atoms with Gasteiger partial charge in [0.05, 0.1) is 4.83 Å². The number of hydrogen-bond donors (Lipinski definition) is 1. The standard InChI is InChI=1S/C15H22BrFN2O/c1-3-19(4-2)10-9-18-15(20)13(16)11-12-7-5-6-8-14(12)17/h5-8,13H,3-4,9-11H2,1-2H3,(H,18,20). The minimum atomic E-state index is -0.406. The van der Waals surface area contributed by atoms with Gasteiger partial charge in [-0.1, -0.05) is 48.0 Å². The van der Waals surface area contributed by atoms with Crippen molar-refractivity contribution in [1.29, 1.82) is 0 Å². The average Bonchev–Trinajstić information content (AvgIpc) is 2.45. The van der Waals surface area contributed by atoms with Gasteiger partial charge in [-0.25, -0.2) is 4.39 Å². The summed E-state index contributed by atoms with van der Waals surface area (Å²) in [5, 5.41) is 2.87. The molecule has 0 saturated carbocycles. The van der Waals surface area contributed by atoms with Crippen LogP contribution in [0.5, 0.6) is 0 Å². The van der Waals surface area contributed by atoms with Crippen LogP contribution in [-0.4, -0.2) is 41.8 Å². The Kier molecular flexibility index (Phi) is 7.77. The van der Waals surface area contributed by atoms with Gasteiger partial charge in [-0.05, 0) is 31.1 Å². The Bertz CT molecular complexity index is 424. The minimum absolute atomic E-state index is 0.0968.